The lowest BCUT2D eigenvalue weighted by molar-refractivity contribution is 0.297. The van der Waals surface area contributed by atoms with Crippen LogP contribution in [0.4, 0.5) is 0 Å². The summed E-state index contributed by atoms with van der Waals surface area (Å²) in [6.07, 6.45) is 2.79. The van der Waals surface area contributed by atoms with Crippen molar-refractivity contribution in [3.05, 3.63) is 29.8 Å². The Hall–Kier alpha value is -1.46. The maximum atomic E-state index is 8.66. The lowest BCUT2D eigenvalue weighted by atomic mass is 10.1. The summed E-state index contributed by atoms with van der Waals surface area (Å²) < 4.78 is 5.69. The smallest absolute Gasteiger partial charge is 0.120 e. The monoisotopic (exact) mass is 246 g/mol. The standard InChI is InChI=1S/C16H22O2/c1-14(2)7-6-12-18-16-10-5-9-15(13-16)8-3-4-11-17/h5,9-10,13-14,17H,4,6-7,11-12H2,1-2H3. The van der Waals surface area contributed by atoms with E-state index in [9.17, 15) is 0 Å². The number of aliphatic hydroxyl groups is 1. The lowest BCUT2D eigenvalue weighted by Gasteiger charge is -2.07. The second-order valence-electron chi connectivity index (χ2n) is 4.69. The summed E-state index contributed by atoms with van der Waals surface area (Å²) in [5, 5.41) is 8.66. The van der Waals surface area contributed by atoms with Gasteiger partial charge in [0, 0.05) is 12.0 Å². The molecule has 0 aromatic heterocycles. The molecule has 0 bridgehead atoms. The molecule has 0 saturated heterocycles. The molecule has 0 amide bonds. The van der Waals surface area contributed by atoms with Gasteiger partial charge < -0.3 is 9.84 Å². The molecule has 0 aliphatic rings. The van der Waals surface area contributed by atoms with Crippen LogP contribution in [0.15, 0.2) is 24.3 Å². The Morgan fingerprint density at radius 2 is 2.17 bits per heavy atom. The van der Waals surface area contributed by atoms with Gasteiger partial charge >= 0.3 is 0 Å². The molecule has 0 aliphatic carbocycles. The highest BCUT2D eigenvalue weighted by Gasteiger charge is 1.97. The molecular formula is C16H22O2. The molecule has 2 heteroatoms. The van der Waals surface area contributed by atoms with Crippen LogP contribution in [-0.4, -0.2) is 18.3 Å². The molecule has 0 spiro atoms. The third-order valence-electron chi connectivity index (χ3n) is 2.50. The molecule has 0 saturated carbocycles. The fourth-order valence-corrected chi connectivity index (χ4v) is 1.57. The first-order valence-electron chi connectivity index (χ1n) is 6.55. The van der Waals surface area contributed by atoms with Crippen molar-refractivity contribution in [2.45, 2.75) is 33.1 Å². The Labute approximate surface area is 110 Å². The van der Waals surface area contributed by atoms with E-state index in [2.05, 4.69) is 25.7 Å². The third-order valence-corrected chi connectivity index (χ3v) is 2.50. The van der Waals surface area contributed by atoms with Gasteiger partial charge in [-0.1, -0.05) is 31.8 Å². The molecule has 1 N–H and O–H groups in total. The van der Waals surface area contributed by atoms with Crippen LogP contribution < -0.4 is 4.74 Å². The fraction of sp³-hybridized carbons (Fsp3) is 0.500. The van der Waals surface area contributed by atoms with Crippen LogP contribution in [0.5, 0.6) is 5.75 Å². The lowest BCUT2D eigenvalue weighted by Crippen LogP contribution is -1.99. The normalized spacial score (nSPS) is 10.0. The van der Waals surface area contributed by atoms with E-state index in [1.807, 2.05) is 24.3 Å². The third kappa shape index (κ3) is 6.32. The summed E-state index contributed by atoms with van der Waals surface area (Å²) in [6.45, 7) is 5.30. The summed E-state index contributed by atoms with van der Waals surface area (Å²) >= 11 is 0. The number of hydrogen-bond donors (Lipinski definition) is 1. The molecule has 0 fully saturated rings. The van der Waals surface area contributed by atoms with Crippen LogP contribution >= 0.6 is 0 Å². The fourth-order valence-electron chi connectivity index (χ4n) is 1.57. The topological polar surface area (TPSA) is 29.5 Å². The predicted molar refractivity (Wildman–Crippen MR) is 74.6 cm³/mol. The molecular weight excluding hydrogens is 224 g/mol. The Morgan fingerprint density at radius 3 is 2.89 bits per heavy atom. The largest absolute Gasteiger partial charge is 0.494 e. The highest BCUT2D eigenvalue weighted by Crippen LogP contribution is 2.13. The minimum atomic E-state index is 0.110. The van der Waals surface area contributed by atoms with Gasteiger partial charge in [0.15, 0.2) is 0 Å². The van der Waals surface area contributed by atoms with Crippen molar-refractivity contribution in [1.82, 2.24) is 0 Å². The van der Waals surface area contributed by atoms with Gasteiger partial charge in [0.2, 0.25) is 0 Å². The zero-order chi connectivity index (χ0) is 13.2. The van der Waals surface area contributed by atoms with Gasteiger partial charge in [0.1, 0.15) is 5.75 Å². The van der Waals surface area contributed by atoms with Gasteiger partial charge in [-0.3, -0.25) is 0 Å². The molecule has 18 heavy (non-hydrogen) atoms. The molecule has 2 nitrogen and oxygen atoms in total. The average molecular weight is 246 g/mol. The number of benzene rings is 1. The summed E-state index contributed by atoms with van der Waals surface area (Å²) in [6, 6.07) is 7.79. The average Bonchev–Trinajstić information content (AvgIpc) is 2.35. The Bertz CT molecular complexity index is 399. The molecule has 98 valence electrons. The SMILES string of the molecule is CC(C)CCCOc1cccc(C#CCCO)c1. The molecule has 0 unspecified atom stereocenters. The quantitative estimate of drug-likeness (QED) is 0.617. The summed E-state index contributed by atoms with van der Waals surface area (Å²) in [5.41, 5.74) is 0.935. The number of ether oxygens (including phenoxy) is 1. The summed E-state index contributed by atoms with van der Waals surface area (Å²) in [7, 11) is 0. The molecule has 0 atom stereocenters. The van der Waals surface area contributed by atoms with Crippen molar-refractivity contribution >= 4 is 0 Å². The van der Waals surface area contributed by atoms with E-state index in [0.717, 1.165) is 30.3 Å². The summed E-state index contributed by atoms with van der Waals surface area (Å²) in [5.74, 6) is 7.51. The highest BCUT2D eigenvalue weighted by molar-refractivity contribution is 5.39. The van der Waals surface area contributed by atoms with Gasteiger partial charge in [0.25, 0.3) is 0 Å². The maximum Gasteiger partial charge on any atom is 0.120 e. The van der Waals surface area contributed by atoms with Crippen LogP contribution in [-0.2, 0) is 0 Å². The van der Waals surface area contributed by atoms with Crippen LogP contribution in [0.2, 0.25) is 0 Å². The predicted octanol–water partition coefficient (Wildman–Crippen LogP) is 3.24. The zero-order valence-electron chi connectivity index (χ0n) is 11.3. The van der Waals surface area contributed by atoms with Crippen molar-refractivity contribution in [3.63, 3.8) is 0 Å². The van der Waals surface area contributed by atoms with Crippen LogP contribution in [0.3, 0.4) is 0 Å². The second-order valence-corrected chi connectivity index (χ2v) is 4.69. The highest BCUT2D eigenvalue weighted by atomic mass is 16.5. The van der Waals surface area contributed by atoms with Crippen LogP contribution in [0.25, 0.3) is 0 Å². The van der Waals surface area contributed by atoms with Crippen molar-refractivity contribution in [2.24, 2.45) is 5.92 Å². The number of rotatable bonds is 6. The first-order valence-corrected chi connectivity index (χ1v) is 6.55. The Balaban J connectivity index is 2.42. The first-order chi connectivity index (χ1) is 8.72. The van der Waals surface area contributed by atoms with Crippen LogP contribution in [0, 0.1) is 17.8 Å². The Kier molecular flexibility index (Phi) is 6.98. The van der Waals surface area contributed by atoms with Gasteiger partial charge in [-0.05, 0) is 37.0 Å². The second kappa shape index (κ2) is 8.60. The van der Waals surface area contributed by atoms with Gasteiger partial charge in [-0.15, -0.1) is 0 Å². The summed E-state index contributed by atoms with van der Waals surface area (Å²) in [4.78, 5) is 0. The van der Waals surface area contributed by atoms with E-state index >= 15 is 0 Å². The molecule has 0 heterocycles. The van der Waals surface area contributed by atoms with E-state index in [1.54, 1.807) is 0 Å². The van der Waals surface area contributed by atoms with E-state index in [-0.39, 0.29) is 6.61 Å². The van der Waals surface area contributed by atoms with E-state index in [0.29, 0.717) is 6.42 Å². The molecule has 0 aliphatic heterocycles. The minimum Gasteiger partial charge on any atom is -0.494 e. The molecule has 0 radical (unpaired) electrons. The molecule has 1 rings (SSSR count). The van der Waals surface area contributed by atoms with Gasteiger partial charge in [-0.25, -0.2) is 0 Å². The van der Waals surface area contributed by atoms with Gasteiger partial charge in [0.05, 0.1) is 13.2 Å². The van der Waals surface area contributed by atoms with Crippen molar-refractivity contribution in [1.29, 1.82) is 0 Å². The van der Waals surface area contributed by atoms with Gasteiger partial charge in [-0.2, -0.15) is 0 Å². The minimum absolute atomic E-state index is 0.110. The molecule has 1 aromatic rings. The van der Waals surface area contributed by atoms with Crippen molar-refractivity contribution in [2.75, 3.05) is 13.2 Å². The Morgan fingerprint density at radius 1 is 1.33 bits per heavy atom. The van der Waals surface area contributed by atoms with E-state index in [1.165, 1.54) is 6.42 Å². The maximum absolute atomic E-state index is 8.66. The molecule has 1 aromatic carbocycles. The number of aliphatic hydroxyl groups excluding tert-OH is 1. The first kappa shape index (κ1) is 14.6. The van der Waals surface area contributed by atoms with Crippen molar-refractivity contribution in [3.8, 4) is 17.6 Å². The number of hydrogen-bond acceptors (Lipinski definition) is 2. The van der Waals surface area contributed by atoms with Crippen molar-refractivity contribution < 1.29 is 9.84 Å². The van der Waals surface area contributed by atoms with E-state index in [4.69, 9.17) is 9.84 Å². The van der Waals surface area contributed by atoms with Crippen LogP contribution in [0.1, 0.15) is 38.7 Å². The zero-order valence-corrected chi connectivity index (χ0v) is 11.3. The van der Waals surface area contributed by atoms with E-state index < -0.39 is 0 Å².